The first-order chi connectivity index (χ1) is 21.4. The van der Waals surface area contributed by atoms with E-state index < -0.39 is 5.97 Å². The molecular weight excluding hydrogens is 588 g/mol. The van der Waals surface area contributed by atoms with Crippen molar-refractivity contribution in [1.29, 1.82) is 0 Å². The second-order valence-corrected chi connectivity index (χ2v) is 15.3. The van der Waals surface area contributed by atoms with Crippen LogP contribution in [0.4, 0.5) is 0 Å². The topological polar surface area (TPSA) is 129 Å². The molecular formula is C34H45N6O4S+. The zero-order valence-electron chi connectivity index (χ0n) is 26.7. The van der Waals surface area contributed by atoms with Gasteiger partial charge in [-0.25, -0.2) is 9.97 Å². The van der Waals surface area contributed by atoms with Gasteiger partial charge in [0.25, 0.3) is 11.8 Å². The number of quaternary nitrogens is 1. The molecule has 2 amide bonds. The summed E-state index contributed by atoms with van der Waals surface area (Å²) in [5.41, 5.74) is 4.74. The van der Waals surface area contributed by atoms with Crippen LogP contribution in [0.5, 0.6) is 0 Å². The fourth-order valence-corrected chi connectivity index (χ4v) is 7.83. The third kappa shape index (κ3) is 7.21. The van der Waals surface area contributed by atoms with Crippen molar-refractivity contribution >= 4 is 39.5 Å². The maximum Gasteiger partial charge on any atom is 0.307 e. The number of aryl methyl sites for hydroxylation is 1. The molecule has 10 nitrogen and oxygen atoms in total. The van der Waals surface area contributed by atoms with Crippen LogP contribution < -0.4 is 15.5 Å². The molecule has 45 heavy (non-hydrogen) atoms. The fraction of sp³-hybridized carbons (Fsp3) is 0.559. The Hall–Kier alpha value is -3.41. The van der Waals surface area contributed by atoms with Crippen molar-refractivity contribution in [1.82, 2.24) is 25.5 Å². The lowest BCUT2D eigenvalue weighted by Gasteiger charge is -2.34. The minimum atomic E-state index is -0.764. The number of likely N-dealkylation sites (tertiary alicyclic amines) is 2. The molecule has 0 radical (unpaired) electrons. The number of thiazole rings is 1. The number of rotatable bonds is 9. The summed E-state index contributed by atoms with van der Waals surface area (Å²) in [7, 11) is 2.10. The van der Waals surface area contributed by atoms with Crippen LogP contribution in [0.25, 0.3) is 10.3 Å². The van der Waals surface area contributed by atoms with Gasteiger partial charge in [-0.2, -0.15) is 0 Å². The van der Waals surface area contributed by atoms with Gasteiger partial charge in [-0.05, 0) is 79.3 Å². The Morgan fingerprint density at radius 3 is 2.64 bits per heavy atom. The Kier molecular flexibility index (Phi) is 8.96. The van der Waals surface area contributed by atoms with Crippen molar-refractivity contribution in [3.05, 3.63) is 57.7 Å². The van der Waals surface area contributed by atoms with Crippen molar-refractivity contribution in [2.24, 2.45) is 17.3 Å². The van der Waals surface area contributed by atoms with Crippen LogP contribution in [0, 0.1) is 17.3 Å². The summed E-state index contributed by atoms with van der Waals surface area (Å²) < 4.78 is 0. The van der Waals surface area contributed by atoms with Gasteiger partial charge in [0.1, 0.15) is 29.5 Å². The summed E-state index contributed by atoms with van der Waals surface area (Å²) in [6, 6.07) is 9.37. The van der Waals surface area contributed by atoms with E-state index in [0.717, 1.165) is 54.0 Å². The molecule has 2 saturated heterocycles. The van der Waals surface area contributed by atoms with E-state index in [0.29, 0.717) is 49.0 Å². The number of carboxylic acids is 1. The highest BCUT2D eigenvalue weighted by atomic mass is 32.1. The lowest BCUT2D eigenvalue weighted by molar-refractivity contribution is -0.922. The third-order valence-electron chi connectivity index (χ3n) is 9.90. The van der Waals surface area contributed by atoms with Crippen LogP contribution >= 0.6 is 11.3 Å². The maximum atomic E-state index is 13.7. The zero-order valence-corrected chi connectivity index (χ0v) is 27.5. The van der Waals surface area contributed by atoms with E-state index >= 15 is 0 Å². The summed E-state index contributed by atoms with van der Waals surface area (Å²) in [5.74, 6) is -0.925. The highest BCUT2D eigenvalue weighted by molar-refractivity contribution is 7.19. The number of likely N-dealkylation sites (N-methyl/N-ethyl adjacent to an activating group) is 1. The van der Waals surface area contributed by atoms with Gasteiger partial charge in [-0.15, -0.1) is 0 Å². The first-order valence-corrected chi connectivity index (χ1v) is 17.0. The molecule has 3 aromatic rings. The van der Waals surface area contributed by atoms with Crippen LogP contribution in [-0.2, 0) is 17.6 Å². The summed E-state index contributed by atoms with van der Waals surface area (Å²) in [4.78, 5) is 52.2. The van der Waals surface area contributed by atoms with E-state index in [1.165, 1.54) is 21.8 Å². The van der Waals surface area contributed by atoms with E-state index in [-0.39, 0.29) is 35.2 Å². The van der Waals surface area contributed by atoms with Crippen LogP contribution in [0.1, 0.15) is 83.1 Å². The number of carbonyl (C=O) groups is 3. The molecule has 2 fully saturated rings. The lowest BCUT2D eigenvalue weighted by Crippen LogP contribution is -3.19. The number of carbonyl (C=O) groups excluding carboxylic acids is 2. The van der Waals surface area contributed by atoms with Gasteiger partial charge < -0.3 is 25.5 Å². The van der Waals surface area contributed by atoms with Gasteiger partial charge in [-0.1, -0.05) is 44.2 Å². The van der Waals surface area contributed by atoms with Crippen LogP contribution in [-0.4, -0.2) is 83.6 Å². The van der Waals surface area contributed by atoms with Crippen molar-refractivity contribution in [3.63, 3.8) is 0 Å². The minimum Gasteiger partial charge on any atom is -0.481 e. The molecule has 4 N–H and O–H groups in total. The van der Waals surface area contributed by atoms with E-state index in [2.05, 4.69) is 49.4 Å². The number of nitrogens with zero attached hydrogens (tertiary/aromatic N) is 3. The number of amides is 2. The molecule has 0 bridgehead atoms. The summed E-state index contributed by atoms with van der Waals surface area (Å²) in [6.45, 7) is 10.5. The smallest absolute Gasteiger partial charge is 0.307 e. The van der Waals surface area contributed by atoms with Gasteiger partial charge in [-0.3, -0.25) is 14.4 Å². The molecule has 2 aliphatic heterocycles. The molecule has 3 aliphatic rings. The quantitative estimate of drug-likeness (QED) is 0.285. The summed E-state index contributed by atoms with van der Waals surface area (Å²) >= 11 is 1.32. The molecule has 0 saturated carbocycles. The molecule has 6 rings (SSSR count). The van der Waals surface area contributed by atoms with Gasteiger partial charge in [0, 0.05) is 24.3 Å². The molecule has 240 valence electrons. The number of pyridine rings is 1. The average Bonchev–Trinajstić information content (AvgIpc) is 3.64. The highest BCUT2D eigenvalue weighted by Gasteiger charge is 2.32. The molecule has 1 aliphatic carbocycles. The average molecular weight is 634 g/mol. The van der Waals surface area contributed by atoms with Gasteiger partial charge in [0.2, 0.25) is 0 Å². The number of aromatic nitrogens is 2. The first-order valence-electron chi connectivity index (χ1n) is 16.2. The van der Waals surface area contributed by atoms with E-state index in [1.54, 1.807) is 6.07 Å². The molecule has 11 heteroatoms. The van der Waals surface area contributed by atoms with Crippen LogP contribution in [0.2, 0.25) is 0 Å². The normalized spacial score (nSPS) is 24.1. The Balaban J connectivity index is 1.20. The Morgan fingerprint density at radius 1 is 1.13 bits per heavy atom. The van der Waals surface area contributed by atoms with E-state index in [1.807, 2.05) is 18.2 Å². The van der Waals surface area contributed by atoms with Crippen molar-refractivity contribution in [2.45, 2.75) is 65.0 Å². The van der Waals surface area contributed by atoms with Gasteiger partial charge in [0.15, 0.2) is 5.01 Å². The number of benzene rings is 1. The number of nitrogens with one attached hydrogen (secondary N) is 3. The minimum absolute atomic E-state index is 0.113. The fourth-order valence-electron chi connectivity index (χ4n) is 6.99. The van der Waals surface area contributed by atoms with Crippen molar-refractivity contribution in [3.8, 4) is 0 Å². The molecule has 2 aromatic heterocycles. The number of fused-ring (bicyclic) bond motifs is 2. The Bertz CT molecular complexity index is 1590. The zero-order chi connectivity index (χ0) is 31.9. The Morgan fingerprint density at radius 2 is 1.93 bits per heavy atom. The molecule has 1 aromatic carbocycles. The summed E-state index contributed by atoms with van der Waals surface area (Å²) in [6.07, 6.45) is 4.23. The predicted molar refractivity (Wildman–Crippen MR) is 174 cm³/mol. The molecule has 3 atom stereocenters. The largest absolute Gasteiger partial charge is 0.481 e. The number of aliphatic carboxylic acids is 1. The van der Waals surface area contributed by atoms with Crippen LogP contribution in [0.15, 0.2) is 30.3 Å². The number of hydrogen-bond acceptors (Lipinski definition) is 7. The third-order valence-corrected chi connectivity index (χ3v) is 10.9. The number of carboxylic acid groups (broad SMARTS) is 1. The molecule has 0 spiro atoms. The molecule has 0 unspecified atom stereocenters. The molecule has 4 heterocycles. The second-order valence-electron chi connectivity index (χ2n) is 14.3. The monoisotopic (exact) mass is 633 g/mol. The van der Waals surface area contributed by atoms with Gasteiger partial charge >= 0.3 is 5.97 Å². The predicted octanol–water partition coefficient (Wildman–Crippen LogP) is 2.74. The van der Waals surface area contributed by atoms with Gasteiger partial charge in [0.05, 0.1) is 19.0 Å². The van der Waals surface area contributed by atoms with Crippen molar-refractivity contribution < 1.29 is 24.4 Å². The first kappa shape index (κ1) is 31.6. The highest BCUT2D eigenvalue weighted by Crippen LogP contribution is 2.38. The van der Waals surface area contributed by atoms with E-state index in [9.17, 15) is 19.5 Å². The number of hydrogen-bond donors (Lipinski definition) is 4. The SMILES string of the molecule is C[NH+]1CC(NC(=O)c2cccc([C@@H](CCN3CC[C@H](C(=O)O)C3)NC(=O)c3nc4cc5c(nc4s3)CC[C@H](C(C)(C)C)C5)c2)C1. The van der Waals surface area contributed by atoms with Crippen LogP contribution in [0.3, 0.4) is 0 Å². The summed E-state index contributed by atoms with van der Waals surface area (Å²) in [5, 5.41) is 16.1. The second kappa shape index (κ2) is 12.8. The van der Waals surface area contributed by atoms with Crippen molar-refractivity contribution in [2.75, 3.05) is 39.8 Å². The lowest BCUT2D eigenvalue weighted by atomic mass is 9.71. The Labute approximate surface area is 268 Å². The maximum absolute atomic E-state index is 13.7. The standard InChI is InChI=1S/C34H44N6O4S/c1-34(2,3)24-8-9-26-23(15-24)16-28-31(37-26)45-32(38-28)30(42)36-27(11-13-40-12-10-22(17-40)33(43)44)20-6-5-7-21(14-20)29(41)35-25-18-39(4)19-25/h5-7,14,16,22,24-25,27H,8-13,15,17-19H2,1-4H3,(H,35,41)(H,36,42)(H,43,44)/p+1/t22-,24-,27+/m0/s1. The van der Waals surface area contributed by atoms with E-state index in [4.69, 9.17) is 9.97 Å².